The van der Waals surface area contributed by atoms with Crippen molar-refractivity contribution in [3.05, 3.63) is 28.8 Å². The molecule has 2 aromatic rings. The number of aromatic nitrogens is 2. The number of rotatable bonds is 8. The van der Waals surface area contributed by atoms with E-state index in [2.05, 4.69) is 10.3 Å². The first-order valence-electron chi connectivity index (χ1n) is 11.2. The normalized spacial score (nSPS) is 18.5. The number of carboxylic acids is 1. The van der Waals surface area contributed by atoms with Gasteiger partial charge in [0, 0.05) is 37.8 Å². The van der Waals surface area contributed by atoms with Crippen LogP contribution in [0.15, 0.2) is 17.6 Å². The van der Waals surface area contributed by atoms with Crippen LogP contribution < -0.4 is 15.1 Å². The third-order valence-electron chi connectivity index (χ3n) is 6.02. The van der Waals surface area contributed by atoms with Crippen molar-refractivity contribution in [1.29, 1.82) is 0 Å². The molecule has 2 aliphatic rings. The number of pyridine rings is 1. The van der Waals surface area contributed by atoms with Crippen LogP contribution in [0.2, 0.25) is 0 Å². The van der Waals surface area contributed by atoms with Gasteiger partial charge in [0.15, 0.2) is 10.9 Å². The molecule has 2 aliphatic heterocycles. The van der Waals surface area contributed by atoms with E-state index in [9.17, 15) is 19.5 Å². The summed E-state index contributed by atoms with van der Waals surface area (Å²) in [6.07, 6.45) is 1.63. The average Bonchev–Trinajstić information content (AvgIpc) is 3.25. The summed E-state index contributed by atoms with van der Waals surface area (Å²) >= 11 is 1.36. The second-order valence-corrected chi connectivity index (χ2v) is 10.2. The number of hydrogen-bond acceptors (Lipinski definition) is 9. The molecule has 1 unspecified atom stereocenters. The number of carboxylic acid groups (broad SMARTS) is 1. The predicted molar refractivity (Wildman–Crippen MR) is 128 cm³/mol. The molecule has 1 atom stereocenters. The highest BCUT2D eigenvalue weighted by Crippen LogP contribution is 2.39. The van der Waals surface area contributed by atoms with Crippen molar-refractivity contribution in [3.8, 4) is 0 Å². The Morgan fingerprint density at radius 2 is 2.06 bits per heavy atom. The molecule has 0 aromatic carbocycles. The first kappa shape index (κ1) is 24.1. The quantitative estimate of drug-likeness (QED) is 0.539. The molecule has 4 heterocycles. The van der Waals surface area contributed by atoms with E-state index in [0.717, 1.165) is 0 Å². The van der Waals surface area contributed by atoms with Crippen LogP contribution in [-0.4, -0.2) is 71.1 Å². The molecule has 2 aromatic heterocycles. The highest BCUT2D eigenvalue weighted by molar-refractivity contribution is 7.13. The second kappa shape index (κ2) is 9.30. The van der Waals surface area contributed by atoms with Gasteiger partial charge in [0.2, 0.25) is 5.91 Å². The Bertz CT molecular complexity index is 1100. The van der Waals surface area contributed by atoms with E-state index >= 15 is 0 Å². The van der Waals surface area contributed by atoms with Gasteiger partial charge in [-0.1, -0.05) is 0 Å². The zero-order chi connectivity index (χ0) is 24.6. The molecule has 0 aliphatic carbocycles. The third-order valence-corrected chi connectivity index (χ3v) is 6.82. The number of fused-ring (bicyclic) bond motifs is 1. The number of ether oxygens (including phenoxy) is 1. The molecule has 1 amide bonds. The monoisotopic (exact) mass is 487 g/mol. The van der Waals surface area contributed by atoms with Gasteiger partial charge in [-0.05, 0) is 39.3 Å². The molecular weight excluding hydrogens is 458 g/mol. The van der Waals surface area contributed by atoms with Gasteiger partial charge in [-0.25, -0.2) is 9.97 Å². The standard InChI is InChI=1S/C23H29N5O5S/c1-5-33-12-23(3,4)26-20(30)14-9-27(10-14)16-8-13(2)17-18(29)15(21(31)32)11-28(19(17)25-16)22-24-6-7-34-22/h6-8,14-15H,5,9-12H2,1-4H3,(H,26,30)(H,31,32). The number of aryl methyl sites for hydroxylation is 1. The van der Waals surface area contributed by atoms with Gasteiger partial charge < -0.3 is 25.0 Å². The molecule has 1 saturated heterocycles. The summed E-state index contributed by atoms with van der Waals surface area (Å²) in [5.74, 6) is -1.92. The highest BCUT2D eigenvalue weighted by Gasteiger charge is 2.42. The third kappa shape index (κ3) is 4.62. The summed E-state index contributed by atoms with van der Waals surface area (Å²) in [4.78, 5) is 50.2. The number of ketones is 1. The van der Waals surface area contributed by atoms with Crippen molar-refractivity contribution in [1.82, 2.24) is 15.3 Å². The number of nitrogens with one attached hydrogen (secondary N) is 1. The van der Waals surface area contributed by atoms with Crippen LogP contribution in [0.1, 0.15) is 36.7 Å². The number of amides is 1. The van der Waals surface area contributed by atoms with Crippen LogP contribution >= 0.6 is 11.3 Å². The lowest BCUT2D eigenvalue weighted by Gasteiger charge is -2.41. The number of thiazole rings is 1. The summed E-state index contributed by atoms with van der Waals surface area (Å²) in [5, 5.41) is 15.0. The lowest BCUT2D eigenvalue weighted by atomic mass is 9.90. The number of carbonyl (C=O) groups is 3. The van der Waals surface area contributed by atoms with Crippen molar-refractivity contribution in [3.63, 3.8) is 0 Å². The zero-order valence-corrected chi connectivity index (χ0v) is 20.5. The average molecular weight is 488 g/mol. The number of aliphatic carboxylic acids is 1. The molecule has 182 valence electrons. The molecule has 34 heavy (non-hydrogen) atoms. The van der Waals surface area contributed by atoms with E-state index < -0.39 is 23.2 Å². The van der Waals surface area contributed by atoms with Crippen molar-refractivity contribution in [2.24, 2.45) is 11.8 Å². The van der Waals surface area contributed by atoms with Gasteiger partial charge in [0.25, 0.3) is 0 Å². The van der Waals surface area contributed by atoms with E-state index in [4.69, 9.17) is 9.72 Å². The van der Waals surface area contributed by atoms with Crippen LogP contribution in [0.3, 0.4) is 0 Å². The highest BCUT2D eigenvalue weighted by atomic mass is 32.1. The van der Waals surface area contributed by atoms with Crippen LogP contribution in [0.4, 0.5) is 16.8 Å². The topological polar surface area (TPSA) is 125 Å². The minimum absolute atomic E-state index is 0.0233. The minimum atomic E-state index is -1.18. The van der Waals surface area contributed by atoms with Gasteiger partial charge in [-0.15, -0.1) is 11.3 Å². The van der Waals surface area contributed by atoms with E-state index in [1.165, 1.54) is 11.3 Å². The molecule has 11 heteroatoms. The molecule has 0 spiro atoms. The largest absolute Gasteiger partial charge is 0.481 e. The van der Waals surface area contributed by atoms with Gasteiger partial charge in [-0.3, -0.25) is 14.4 Å². The fourth-order valence-electron chi connectivity index (χ4n) is 4.20. The van der Waals surface area contributed by atoms with Crippen LogP contribution in [0.5, 0.6) is 0 Å². The summed E-state index contributed by atoms with van der Waals surface area (Å²) in [6, 6.07) is 1.79. The Kier molecular flexibility index (Phi) is 6.59. The van der Waals surface area contributed by atoms with E-state index in [1.807, 2.05) is 25.7 Å². The summed E-state index contributed by atoms with van der Waals surface area (Å²) in [6.45, 7) is 9.58. The predicted octanol–water partition coefficient (Wildman–Crippen LogP) is 2.25. The Morgan fingerprint density at radius 1 is 1.32 bits per heavy atom. The zero-order valence-electron chi connectivity index (χ0n) is 19.7. The van der Waals surface area contributed by atoms with Crippen LogP contribution in [0.25, 0.3) is 0 Å². The number of hydrogen-bond donors (Lipinski definition) is 2. The van der Waals surface area contributed by atoms with Crippen molar-refractivity contribution < 1.29 is 24.2 Å². The summed E-state index contributed by atoms with van der Waals surface area (Å²) in [5.41, 5.74) is 0.511. The second-order valence-electron chi connectivity index (χ2n) is 9.29. The Morgan fingerprint density at radius 3 is 2.68 bits per heavy atom. The Hall–Kier alpha value is -3.05. The maximum Gasteiger partial charge on any atom is 0.316 e. The molecule has 0 saturated carbocycles. The van der Waals surface area contributed by atoms with Crippen LogP contribution in [0, 0.1) is 18.8 Å². The molecule has 0 bridgehead atoms. The van der Waals surface area contributed by atoms with Gasteiger partial charge >= 0.3 is 5.97 Å². The van der Waals surface area contributed by atoms with Gasteiger partial charge in [0.05, 0.1) is 23.6 Å². The van der Waals surface area contributed by atoms with E-state index in [1.54, 1.807) is 29.5 Å². The Balaban J connectivity index is 1.55. The SMILES string of the molecule is CCOCC(C)(C)NC(=O)C1CN(c2cc(C)c3c(n2)N(c2nccs2)CC(C(=O)O)C3=O)C1. The maximum atomic E-state index is 13.0. The first-order chi connectivity index (χ1) is 16.1. The van der Waals surface area contributed by atoms with Crippen molar-refractivity contribution in [2.45, 2.75) is 33.2 Å². The fourth-order valence-corrected chi connectivity index (χ4v) is 4.85. The summed E-state index contributed by atoms with van der Waals surface area (Å²) < 4.78 is 5.45. The Labute approximate surface area is 201 Å². The molecule has 10 nitrogen and oxygen atoms in total. The number of Topliss-reactive ketones (excluding diaryl/α,β-unsaturated/α-hetero) is 1. The molecule has 0 radical (unpaired) electrons. The molecule has 4 rings (SSSR count). The lowest BCUT2D eigenvalue weighted by Crippen LogP contribution is -2.58. The number of carbonyl (C=O) groups excluding carboxylic acids is 2. The number of anilines is 3. The van der Waals surface area contributed by atoms with Crippen molar-refractivity contribution >= 4 is 45.8 Å². The molecule has 2 N–H and O–H groups in total. The summed E-state index contributed by atoms with van der Waals surface area (Å²) in [7, 11) is 0. The van der Waals surface area contributed by atoms with Gasteiger partial charge in [-0.2, -0.15) is 0 Å². The molecule has 1 fully saturated rings. The smallest absolute Gasteiger partial charge is 0.316 e. The minimum Gasteiger partial charge on any atom is -0.481 e. The fraction of sp³-hybridized carbons (Fsp3) is 0.522. The first-order valence-corrected chi connectivity index (χ1v) is 12.1. The van der Waals surface area contributed by atoms with E-state index in [-0.39, 0.29) is 18.4 Å². The lowest BCUT2D eigenvalue weighted by molar-refractivity contribution is -0.139. The van der Waals surface area contributed by atoms with Crippen LogP contribution in [-0.2, 0) is 14.3 Å². The number of nitrogens with zero attached hydrogens (tertiary/aromatic N) is 4. The maximum absolute atomic E-state index is 13.0. The van der Waals surface area contributed by atoms with Crippen molar-refractivity contribution in [2.75, 3.05) is 42.6 Å². The van der Waals surface area contributed by atoms with E-state index in [0.29, 0.717) is 54.2 Å². The van der Waals surface area contributed by atoms with Gasteiger partial charge in [0.1, 0.15) is 17.6 Å². The molecular formula is C23H29N5O5S.